The minimum atomic E-state index is -0.447. The number of aryl methyl sites for hydroxylation is 1. The molecule has 0 aliphatic rings. The van der Waals surface area contributed by atoms with E-state index in [0.29, 0.717) is 16.8 Å². The highest BCUT2D eigenvalue weighted by molar-refractivity contribution is 9.10. The third kappa shape index (κ3) is 2.44. The Bertz CT molecular complexity index is 545. The van der Waals surface area contributed by atoms with Gasteiger partial charge in [-0.25, -0.2) is 9.37 Å². The number of rotatable bonds is 3. The van der Waals surface area contributed by atoms with Crippen molar-refractivity contribution in [3.63, 3.8) is 0 Å². The fourth-order valence-corrected chi connectivity index (χ4v) is 2.05. The molecule has 1 aromatic carbocycles. The molecule has 1 aromatic heterocycles. The van der Waals surface area contributed by atoms with Crippen LogP contribution in [0.4, 0.5) is 4.39 Å². The van der Waals surface area contributed by atoms with Gasteiger partial charge in [-0.15, -0.1) is 0 Å². The van der Waals surface area contributed by atoms with Crippen molar-refractivity contribution >= 4 is 21.7 Å². The molecular weight excluding hydrogens is 287 g/mol. The van der Waals surface area contributed by atoms with E-state index in [0.717, 1.165) is 0 Å². The highest BCUT2D eigenvalue weighted by atomic mass is 79.9. The summed E-state index contributed by atoms with van der Waals surface area (Å²) in [5.74, 6) is -0.403. The van der Waals surface area contributed by atoms with Crippen LogP contribution < -0.4 is 0 Å². The number of nitrogens with zero attached hydrogens (tertiary/aromatic N) is 2. The number of hydrogen-bond donors (Lipinski definition) is 0. The topological polar surface area (TPSA) is 34.9 Å². The van der Waals surface area contributed by atoms with Crippen LogP contribution in [0.25, 0.3) is 0 Å². The van der Waals surface area contributed by atoms with E-state index < -0.39 is 5.82 Å². The number of hydrogen-bond acceptors (Lipinski definition) is 2. The second kappa shape index (κ2) is 4.79. The second-order valence-corrected chi connectivity index (χ2v) is 4.44. The van der Waals surface area contributed by atoms with E-state index in [1.54, 1.807) is 23.0 Å². The van der Waals surface area contributed by atoms with Crippen molar-refractivity contribution in [3.05, 3.63) is 52.3 Å². The van der Waals surface area contributed by atoms with E-state index in [4.69, 9.17) is 0 Å². The Hall–Kier alpha value is -1.49. The van der Waals surface area contributed by atoms with E-state index in [1.165, 1.54) is 12.1 Å². The van der Waals surface area contributed by atoms with Crippen LogP contribution in [-0.2, 0) is 6.54 Å². The molecule has 0 saturated heterocycles. The Kier molecular flexibility index (Phi) is 3.38. The van der Waals surface area contributed by atoms with E-state index in [2.05, 4.69) is 20.9 Å². The first-order chi connectivity index (χ1) is 8.11. The fourth-order valence-electron chi connectivity index (χ4n) is 1.59. The molecule has 0 radical (unpaired) electrons. The van der Waals surface area contributed by atoms with E-state index in [9.17, 15) is 9.18 Å². The average Bonchev–Trinajstić information content (AvgIpc) is 2.74. The molecule has 0 atom stereocenters. The lowest BCUT2D eigenvalue weighted by Crippen LogP contribution is -2.10. The van der Waals surface area contributed by atoms with Gasteiger partial charge in [0, 0.05) is 29.0 Å². The summed E-state index contributed by atoms with van der Waals surface area (Å²) in [7, 11) is 0. The van der Waals surface area contributed by atoms with Gasteiger partial charge in [0.1, 0.15) is 5.82 Å². The van der Waals surface area contributed by atoms with Crippen LogP contribution in [-0.4, -0.2) is 15.3 Å². The maximum Gasteiger partial charge on any atom is 0.228 e. The summed E-state index contributed by atoms with van der Waals surface area (Å²) in [5.41, 5.74) is 0.290. The Morgan fingerprint density at radius 1 is 1.47 bits per heavy atom. The number of carbonyl (C=O) groups is 1. The molecule has 88 valence electrons. The van der Waals surface area contributed by atoms with Gasteiger partial charge in [-0.2, -0.15) is 0 Å². The van der Waals surface area contributed by atoms with Crippen molar-refractivity contribution in [2.24, 2.45) is 0 Å². The molecule has 0 bridgehead atoms. The SMILES string of the molecule is CCn1ccnc1C(=O)c1cc(F)cc(Br)c1. The highest BCUT2D eigenvalue weighted by Crippen LogP contribution is 2.17. The van der Waals surface area contributed by atoms with E-state index in [1.807, 2.05) is 6.92 Å². The van der Waals surface area contributed by atoms with Crippen LogP contribution in [0, 0.1) is 5.82 Å². The Morgan fingerprint density at radius 3 is 2.88 bits per heavy atom. The van der Waals surface area contributed by atoms with Crippen molar-refractivity contribution in [3.8, 4) is 0 Å². The van der Waals surface area contributed by atoms with Gasteiger partial charge < -0.3 is 4.57 Å². The number of carbonyl (C=O) groups excluding carboxylic acids is 1. The minimum Gasteiger partial charge on any atom is -0.328 e. The lowest BCUT2D eigenvalue weighted by molar-refractivity contribution is 0.102. The lowest BCUT2D eigenvalue weighted by Gasteiger charge is -2.04. The first-order valence-electron chi connectivity index (χ1n) is 5.13. The minimum absolute atomic E-state index is 0.281. The molecule has 5 heteroatoms. The first kappa shape index (κ1) is 12.0. The van der Waals surface area contributed by atoms with Crippen molar-refractivity contribution < 1.29 is 9.18 Å². The fraction of sp³-hybridized carbons (Fsp3) is 0.167. The third-order valence-electron chi connectivity index (χ3n) is 2.38. The maximum atomic E-state index is 13.2. The predicted octanol–water partition coefficient (Wildman–Crippen LogP) is 3.04. The zero-order valence-corrected chi connectivity index (χ0v) is 10.7. The quantitative estimate of drug-likeness (QED) is 0.816. The first-order valence-corrected chi connectivity index (χ1v) is 5.93. The van der Waals surface area contributed by atoms with Crippen molar-refractivity contribution in [2.45, 2.75) is 13.5 Å². The Balaban J connectivity index is 2.43. The molecule has 1 heterocycles. The normalized spacial score (nSPS) is 10.5. The third-order valence-corrected chi connectivity index (χ3v) is 2.84. The molecule has 0 amide bonds. The van der Waals surface area contributed by atoms with Crippen LogP contribution in [0.15, 0.2) is 35.1 Å². The molecule has 3 nitrogen and oxygen atoms in total. The number of ketones is 1. The maximum absolute atomic E-state index is 13.2. The average molecular weight is 297 g/mol. The molecule has 2 aromatic rings. The van der Waals surface area contributed by atoms with Gasteiger partial charge in [0.2, 0.25) is 5.78 Å². The molecule has 0 aliphatic heterocycles. The van der Waals surface area contributed by atoms with Gasteiger partial charge in [0.15, 0.2) is 5.82 Å². The van der Waals surface area contributed by atoms with Crippen LogP contribution in [0.3, 0.4) is 0 Å². The number of benzene rings is 1. The summed E-state index contributed by atoms with van der Waals surface area (Å²) in [5, 5.41) is 0. The number of halogens is 2. The zero-order valence-electron chi connectivity index (χ0n) is 9.15. The van der Waals surface area contributed by atoms with Crippen molar-refractivity contribution in [1.82, 2.24) is 9.55 Å². The van der Waals surface area contributed by atoms with Gasteiger partial charge in [-0.05, 0) is 25.1 Å². The van der Waals surface area contributed by atoms with E-state index in [-0.39, 0.29) is 11.3 Å². The zero-order chi connectivity index (χ0) is 12.4. The Labute approximate surface area is 106 Å². The summed E-state index contributed by atoms with van der Waals surface area (Å²) in [6.07, 6.45) is 3.28. The lowest BCUT2D eigenvalue weighted by atomic mass is 10.1. The van der Waals surface area contributed by atoms with Crippen molar-refractivity contribution in [2.75, 3.05) is 0 Å². The van der Waals surface area contributed by atoms with Gasteiger partial charge in [0.05, 0.1) is 0 Å². The van der Waals surface area contributed by atoms with Gasteiger partial charge in [-0.3, -0.25) is 4.79 Å². The predicted molar refractivity (Wildman–Crippen MR) is 65.4 cm³/mol. The monoisotopic (exact) mass is 296 g/mol. The van der Waals surface area contributed by atoms with Gasteiger partial charge in [-0.1, -0.05) is 15.9 Å². The second-order valence-electron chi connectivity index (χ2n) is 3.52. The molecule has 0 spiro atoms. The molecule has 0 saturated carbocycles. The van der Waals surface area contributed by atoms with Crippen LogP contribution in [0.5, 0.6) is 0 Å². The summed E-state index contributed by atoms with van der Waals surface area (Å²) < 4.78 is 15.5. The standard InChI is InChI=1S/C12H10BrFN2O/c1-2-16-4-3-15-12(16)11(17)8-5-9(13)7-10(14)6-8/h3-7H,2H2,1H3. The number of aromatic nitrogens is 2. The molecule has 0 aliphatic carbocycles. The number of imidazole rings is 1. The summed E-state index contributed by atoms with van der Waals surface area (Å²) >= 11 is 3.16. The summed E-state index contributed by atoms with van der Waals surface area (Å²) in [6.45, 7) is 2.57. The van der Waals surface area contributed by atoms with Gasteiger partial charge in [0.25, 0.3) is 0 Å². The van der Waals surface area contributed by atoms with Crippen LogP contribution >= 0.6 is 15.9 Å². The van der Waals surface area contributed by atoms with Crippen molar-refractivity contribution in [1.29, 1.82) is 0 Å². The molecule has 0 unspecified atom stereocenters. The molecule has 2 rings (SSSR count). The molecule has 0 fully saturated rings. The molecule has 0 N–H and O–H groups in total. The highest BCUT2D eigenvalue weighted by Gasteiger charge is 2.15. The summed E-state index contributed by atoms with van der Waals surface area (Å²) in [4.78, 5) is 16.1. The smallest absolute Gasteiger partial charge is 0.228 e. The molecular formula is C12H10BrFN2O. The summed E-state index contributed by atoms with van der Waals surface area (Å²) in [6, 6.07) is 4.10. The van der Waals surface area contributed by atoms with Crippen LogP contribution in [0.2, 0.25) is 0 Å². The van der Waals surface area contributed by atoms with Gasteiger partial charge >= 0.3 is 0 Å². The Morgan fingerprint density at radius 2 is 2.24 bits per heavy atom. The van der Waals surface area contributed by atoms with E-state index >= 15 is 0 Å². The molecule has 17 heavy (non-hydrogen) atoms. The van der Waals surface area contributed by atoms with Crippen LogP contribution in [0.1, 0.15) is 23.1 Å². The largest absolute Gasteiger partial charge is 0.328 e.